The topological polar surface area (TPSA) is 70.5 Å². The summed E-state index contributed by atoms with van der Waals surface area (Å²) in [5.74, 6) is -1.38. The number of nitrogens with zero attached hydrogens (tertiary/aromatic N) is 2. The Bertz CT molecular complexity index is 629. The van der Waals surface area contributed by atoms with Gasteiger partial charge in [0.25, 0.3) is 0 Å². The Hall–Kier alpha value is -2.40. The van der Waals surface area contributed by atoms with Gasteiger partial charge in [-0.25, -0.2) is 0 Å². The van der Waals surface area contributed by atoms with Gasteiger partial charge in [-0.2, -0.15) is 0 Å². The molecule has 0 saturated heterocycles. The molecule has 21 heavy (non-hydrogen) atoms. The van der Waals surface area contributed by atoms with Gasteiger partial charge in [0.15, 0.2) is 0 Å². The largest absolute Gasteiger partial charge is 0.480 e. The van der Waals surface area contributed by atoms with Crippen molar-refractivity contribution in [1.82, 2.24) is 4.98 Å². The molecule has 0 bridgehead atoms. The first-order valence-electron chi connectivity index (χ1n) is 6.23. The number of aromatic nitrogens is 1. The van der Waals surface area contributed by atoms with Crippen LogP contribution in [0.5, 0.6) is 0 Å². The van der Waals surface area contributed by atoms with Crippen LogP contribution in [0.4, 0.5) is 5.69 Å². The number of carbonyl (C=O) groups excluding carboxylic acids is 1. The number of carboxylic acids is 1. The monoisotopic (exact) mass is 304 g/mol. The third kappa shape index (κ3) is 4.29. The molecule has 2 aromatic rings. The number of benzene rings is 1. The number of hydrogen-bond acceptors (Lipinski definition) is 3. The van der Waals surface area contributed by atoms with Gasteiger partial charge in [-0.3, -0.25) is 14.6 Å². The van der Waals surface area contributed by atoms with Gasteiger partial charge in [0.2, 0.25) is 5.91 Å². The highest BCUT2D eigenvalue weighted by Crippen LogP contribution is 2.19. The molecule has 1 heterocycles. The van der Waals surface area contributed by atoms with Crippen molar-refractivity contribution in [2.45, 2.75) is 6.42 Å². The first-order valence-corrected chi connectivity index (χ1v) is 6.60. The fourth-order valence-electron chi connectivity index (χ4n) is 1.85. The first-order chi connectivity index (χ1) is 10.1. The minimum Gasteiger partial charge on any atom is -0.480 e. The van der Waals surface area contributed by atoms with Crippen molar-refractivity contribution < 1.29 is 14.7 Å². The van der Waals surface area contributed by atoms with E-state index >= 15 is 0 Å². The highest BCUT2D eigenvalue weighted by atomic mass is 35.5. The Kier molecular flexibility index (Phi) is 4.90. The van der Waals surface area contributed by atoms with Crippen LogP contribution in [-0.4, -0.2) is 28.5 Å². The van der Waals surface area contributed by atoms with Gasteiger partial charge in [0.05, 0.1) is 6.42 Å². The molecule has 0 fully saturated rings. The number of pyridine rings is 1. The maximum atomic E-state index is 12.3. The second kappa shape index (κ2) is 6.85. The molecule has 1 N–H and O–H groups in total. The maximum absolute atomic E-state index is 12.3. The molecule has 108 valence electrons. The van der Waals surface area contributed by atoms with Crippen LogP contribution in [0.1, 0.15) is 5.56 Å². The molecule has 1 aromatic carbocycles. The van der Waals surface area contributed by atoms with E-state index in [0.29, 0.717) is 10.7 Å². The number of halogens is 1. The van der Waals surface area contributed by atoms with E-state index < -0.39 is 12.5 Å². The number of rotatable bonds is 5. The molecule has 0 radical (unpaired) electrons. The van der Waals surface area contributed by atoms with Crippen molar-refractivity contribution >= 4 is 29.2 Å². The van der Waals surface area contributed by atoms with Crippen molar-refractivity contribution in [2.24, 2.45) is 0 Å². The van der Waals surface area contributed by atoms with Gasteiger partial charge in [0, 0.05) is 23.1 Å². The Morgan fingerprint density at radius 2 is 1.71 bits per heavy atom. The molecule has 6 heteroatoms. The Morgan fingerprint density at radius 1 is 1.10 bits per heavy atom. The third-order valence-electron chi connectivity index (χ3n) is 2.84. The van der Waals surface area contributed by atoms with Crippen molar-refractivity contribution in [3.05, 3.63) is 59.4 Å². The van der Waals surface area contributed by atoms with Gasteiger partial charge in [-0.1, -0.05) is 11.6 Å². The van der Waals surface area contributed by atoms with E-state index in [9.17, 15) is 9.59 Å². The number of anilines is 1. The summed E-state index contributed by atoms with van der Waals surface area (Å²) < 4.78 is 0. The predicted molar refractivity (Wildman–Crippen MR) is 79.4 cm³/mol. The van der Waals surface area contributed by atoms with Gasteiger partial charge in [0.1, 0.15) is 6.54 Å². The third-order valence-corrected chi connectivity index (χ3v) is 3.09. The summed E-state index contributed by atoms with van der Waals surface area (Å²) in [5, 5.41) is 9.51. The van der Waals surface area contributed by atoms with Crippen LogP contribution in [0.3, 0.4) is 0 Å². The number of carbonyl (C=O) groups is 2. The molecule has 0 aliphatic heterocycles. The minimum absolute atomic E-state index is 0.110. The molecular weight excluding hydrogens is 292 g/mol. The van der Waals surface area contributed by atoms with Gasteiger partial charge in [-0.05, 0) is 42.0 Å². The van der Waals surface area contributed by atoms with Crippen molar-refractivity contribution in [3.8, 4) is 0 Å². The second-order valence-corrected chi connectivity index (χ2v) is 4.82. The van der Waals surface area contributed by atoms with Crippen LogP contribution in [0.15, 0.2) is 48.8 Å². The van der Waals surface area contributed by atoms with Crippen LogP contribution in [0.25, 0.3) is 0 Å². The van der Waals surface area contributed by atoms with Crippen LogP contribution >= 0.6 is 11.6 Å². The van der Waals surface area contributed by atoms with E-state index in [1.165, 1.54) is 4.90 Å². The SMILES string of the molecule is O=C(O)CN(C(=O)Cc1ccncc1)c1ccc(Cl)cc1. The molecule has 2 rings (SSSR count). The summed E-state index contributed by atoms with van der Waals surface area (Å²) in [5.41, 5.74) is 1.28. The van der Waals surface area contributed by atoms with Crippen LogP contribution < -0.4 is 4.90 Å². The molecular formula is C15H13ClN2O3. The molecule has 0 unspecified atom stereocenters. The van der Waals surface area contributed by atoms with Gasteiger partial charge >= 0.3 is 5.97 Å². The van der Waals surface area contributed by atoms with Gasteiger partial charge < -0.3 is 10.0 Å². The van der Waals surface area contributed by atoms with E-state index in [2.05, 4.69) is 4.98 Å². The van der Waals surface area contributed by atoms with E-state index in [1.54, 1.807) is 48.8 Å². The van der Waals surface area contributed by atoms with E-state index in [0.717, 1.165) is 5.56 Å². The maximum Gasteiger partial charge on any atom is 0.323 e. The summed E-state index contributed by atoms with van der Waals surface area (Å²) in [7, 11) is 0. The van der Waals surface area contributed by atoms with E-state index in [4.69, 9.17) is 16.7 Å². The zero-order chi connectivity index (χ0) is 15.2. The highest BCUT2D eigenvalue weighted by molar-refractivity contribution is 6.30. The summed E-state index contributed by atoms with van der Waals surface area (Å²) in [4.78, 5) is 28.4. The van der Waals surface area contributed by atoms with Crippen LogP contribution in [0, 0.1) is 0 Å². The Morgan fingerprint density at radius 3 is 2.29 bits per heavy atom. The first kappa shape index (κ1) is 15.0. The molecule has 1 aromatic heterocycles. The lowest BCUT2D eigenvalue weighted by Crippen LogP contribution is -2.36. The summed E-state index contributed by atoms with van der Waals surface area (Å²) in [6, 6.07) is 9.92. The van der Waals surface area contributed by atoms with E-state index in [1.807, 2.05) is 0 Å². The lowest BCUT2D eigenvalue weighted by molar-refractivity contribution is -0.136. The molecule has 1 amide bonds. The second-order valence-electron chi connectivity index (χ2n) is 4.38. The van der Waals surface area contributed by atoms with Crippen LogP contribution in [0.2, 0.25) is 5.02 Å². The smallest absolute Gasteiger partial charge is 0.323 e. The Balaban J connectivity index is 2.21. The fraction of sp³-hybridized carbons (Fsp3) is 0.133. The zero-order valence-corrected chi connectivity index (χ0v) is 11.8. The van der Waals surface area contributed by atoms with Crippen molar-refractivity contribution in [1.29, 1.82) is 0 Å². The van der Waals surface area contributed by atoms with Crippen molar-refractivity contribution in [2.75, 3.05) is 11.4 Å². The molecule has 5 nitrogen and oxygen atoms in total. The number of hydrogen-bond donors (Lipinski definition) is 1. The Labute approximate surface area is 126 Å². The average Bonchev–Trinajstić information content (AvgIpc) is 2.46. The van der Waals surface area contributed by atoms with Crippen molar-refractivity contribution in [3.63, 3.8) is 0 Å². The molecule has 0 saturated carbocycles. The molecule has 0 atom stereocenters. The lowest BCUT2D eigenvalue weighted by atomic mass is 10.1. The number of carboxylic acid groups (broad SMARTS) is 1. The number of amides is 1. The molecule has 0 aliphatic carbocycles. The zero-order valence-electron chi connectivity index (χ0n) is 11.1. The highest BCUT2D eigenvalue weighted by Gasteiger charge is 2.19. The lowest BCUT2D eigenvalue weighted by Gasteiger charge is -2.21. The number of aliphatic carboxylic acids is 1. The van der Waals surface area contributed by atoms with Crippen LogP contribution in [-0.2, 0) is 16.0 Å². The molecule has 0 spiro atoms. The average molecular weight is 305 g/mol. The standard InChI is InChI=1S/C15H13ClN2O3/c16-12-1-3-13(4-2-12)18(10-15(20)21)14(19)9-11-5-7-17-8-6-11/h1-8H,9-10H2,(H,20,21). The summed E-state index contributed by atoms with van der Waals surface area (Å²) in [6.07, 6.45) is 3.29. The fourth-order valence-corrected chi connectivity index (χ4v) is 1.98. The quantitative estimate of drug-likeness (QED) is 0.921. The minimum atomic E-state index is -1.08. The molecule has 0 aliphatic rings. The predicted octanol–water partition coefficient (Wildman–Crippen LogP) is 2.40. The van der Waals surface area contributed by atoms with E-state index in [-0.39, 0.29) is 12.3 Å². The summed E-state index contributed by atoms with van der Waals surface area (Å²) in [6.45, 7) is -0.397. The normalized spacial score (nSPS) is 10.1. The summed E-state index contributed by atoms with van der Waals surface area (Å²) >= 11 is 5.80. The van der Waals surface area contributed by atoms with Gasteiger partial charge in [-0.15, -0.1) is 0 Å².